The molecule has 33 heavy (non-hydrogen) atoms. The molecular weight excluding hydrogens is 430 g/mol. The van der Waals surface area contributed by atoms with Gasteiger partial charge in [0.05, 0.1) is 4.99 Å². The molecular formula is C28H37NO3S. The minimum Gasteiger partial charge on any atom is -0.479 e. The van der Waals surface area contributed by atoms with Gasteiger partial charge in [-0.05, 0) is 55.2 Å². The van der Waals surface area contributed by atoms with Crippen LogP contribution in [-0.4, -0.2) is 35.3 Å². The molecule has 0 saturated heterocycles. The van der Waals surface area contributed by atoms with Crippen molar-refractivity contribution in [3.8, 4) is 0 Å². The summed E-state index contributed by atoms with van der Waals surface area (Å²) < 4.78 is 5.34. The van der Waals surface area contributed by atoms with Gasteiger partial charge >= 0.3 is 5.97 Å². The third kappa shape index (κ3) is 8.24. The highest BCUT2D eigenvalue weighted by molar-refractivity contribution is 7.80. The highest BCUT2D eigenvalue weighted by Gasteiger charge is 2.20. The van der Waals surface area contributed by atoms with Gasteiger partial charge in [0.1, 0.15) is 0 Å². The molecule has 1 saturated carbocycles. The lowest BCUT2D eigenvalue weighted by molar-refractivity contribution is -0.149. The number of ether oxygens (including phenoxy) is 1. The third-order valence-electron chi connectivity index (χ3n) is 6.62. The SMILES string of the molecule is CCO[C@H](Cc1ccc(CC[C@H](C(=S)NCC2CCCCC2)c2ccccc2)cc1)C(=O)O. The lowest BCUT2D eigenvalue weighted by atomic mass is 9.88. The quantitative estimate of drug-likeness (QED) is 0.379. The molecule has 0 heterocycles. The first-order chi connectivity index (χ1) is 16.1. The van der Waals surface area contributed by atoms with Crippen LogP contribution in [0.3, 0.4) is 0 Å². The van der Waals surface area contributed by atoms with Gasteiger partial charge in [0, 0.05) is 25.5 Å². The third-order valence-corrected chi connectivity index (χ3v) is 7.05. The number of carbonyl (C=O) groups is 1. The van der Waals surface area contributed by atoms with E-state index in [4.69, 9.17) is 17.0 Å². The predicted molar refractivity (Wildman–Crippen MR) is 138 cm³/mol. The Balaban J connectivity index is 1.59. The topological polar surface area (TPSA) is 58.6 Å². The smallest absolute Gasteiger partial charge is 0.333 e. The number of nitrogens with one attached hydrogen (secondary N) is 1. The molecule has 2 atom stereocenters. The number of aliphatic carboxylic acids is 1. The Kier molecular flexibility index (Phi) is 10.4. The van der Waals surface area contributed by atoms with Crippen molar-refractivity contribution in [3.63, 3.8) is 0 Å². The van der Waals surface area contributed by atoms with E-state index in [-0.39, 0.29) is 5.92 Å². The highest BCUT2D eigenvalue weighted by Crippen LogP contribution is 2.26. The molecule has 0 aromatic heterocycles. The van der Waals surface area contributed by atoms with E-state index >= 15 is 0 Å². The van der Waals surface area contributed by atoms with Crippen LogP contribution in [0, 0.1) is 5.92 Å². The zero-order chi connectivity index (χ0) is 23.5. The van der Waals surface area contributed by atoms with Crippen molar-refractivity contribution in [3.05, 3.63) is 71.3 Å². The fourth-order valence-electron chi connectivity index (χ4n) is 4.68. The number of benzene rings is 2. The Bertz CT molecular complexity index is 862. The predicted octanol–water partition coefficient (Wildman–Crippen LogP) is 5.93. The van der Waals surface area contributed by atoms with E-state index in [9.17, 15) is 9.90 Å². The van der Waals surface area contributed by atoms with Gasteiger partial charge in [-0.1, -0.05) is 86.1 Å². The summed E-state index contributed by atoms with van der Waals surface area (Å²) in [5.74, 6) is 0.0201. The summed E-state index contributed by atoms with van der Waals surface area (Å²) in [5, 5.41) is 12.9. The fraction of sp³-hybridized carbons (Fsp3) is 0.500. The molecule has 2 N–H and O–H groups in total. The molecule has 0 aliphatic heterocycles. The van der Waals surface area contributed by atoms with E-state index in [1.165, 1.54) is 43.2 Å². The maximum atomic E-state index is 11.3. The molecule has 0 spiro atoms. The van der Waals surface area contributed by atoms with Gasteiger partial charge in [-0.25, -0.2) is 4.79 Å². The Morgan fingerprint density at radius 1 is 1.06 bits per heavy atom. The lowest BCUT2D eigenvalue weighted by Crippen LogP contribution is -2.33. The van der Waals surface area contributed by atoms with Crippen LogP contribution < -0.4 is 5.32 Å². The summed E-state index contributed by atoms with van der Waals surface area (Å²) in [5.41, 5.74) is 3.47. The van der Waals surface area contributed by atoms with E-state index < -0.39 is 12.1 Å². The summed E-state index contributed by atoms with van der Waals surface area (Å²) in [4.78, 5) is 12.3. The first-order valence-corrected chi connectivity index (χ1v) is 12.7. The highest BCUT2D eigenvalue weighted by atomic mass is 32.1. The van der Waals surface area contributed by atoms with Crippen LogP contribution in [0.1, 0.15) is 68.1 Å². The van der Waals surface area contributed by atoms with Gasteiger partial charge in [-0.3, -0.25) is 0 Å². The van der Waals surface area contributed by atoms with Crippen molar-refractivity contribution < 1.29 is 14.6 Å². The van der Waals surface area contributed by atoms with Gasteiger partial charge in [-0.15, -0.1) is 0 Å². The summed E-state index contributed by atoms with van der Waals surface area (Å²) in [6.07, 6.45) is 8.11. The lowest BCUT2D eigenvalue weighted by Gasteiger charge is -2.25. The number of rotatable bonds is 12. The van der Waals surface area contributed by atoms with Crippen molar-refractivity contribution >= 4 is 23.2 Å². The molecule has 1 aliphatic carbocycles. The Hall–Kier alpha value is -2.24. The van der Waals surface area contributed by atoms with Crippen molar-refractivity contribution in [2.45, 2.75) is 70.3 Å². The fourth-order valence-corrected chi connectivity index (χ4v) is 5.02. The molecule has 1 fully saturated rings. The minimum atomic E-state index is -0.916. The average molecular weight is 468 g/mol. The maximum absolute atomic E-state index is 11.3. The first-order valence-electron chi connectivity index (χ1n) is 12.3. The molecule has 2 aromatic carbocycles. The van der Waals surface area contributed by atoms with Crippen LogP contribution in [-0.2, 0) is 22.4 Å². The maximum Gasteiger partial charge on any atom is 0.333 e. The summed E-state index contributed by atoms with van der Waals surface area (Å²) >= 11 is 5.88. The number of hydrogen-bond donors (Lipinski definition) is 2. The van der Waals surface area contributed by atoms with Gasteiger partial charge < -0.3 is 15.2 Å². The molecule has 0 bridgehead atoms. The van der Waals surface area contributed by atoms with Crippen LogP contribution in [0.5, 0.6) is 0 Å². The molecule has 2 aromatic rings. The zero-order valence-electron chi connectivity index (χ0n) is 19.7. The van der Waals surface area contributed by atoms with E-state index in [0.29, 0.717) is 13.0 Å². The molecule has 3 rings (SSSR count). The second kappa shape index (κ2) is 13.5. The van der Waals surface area contributed by atoms with Crippen LogP contribution in [0.2, 0.25) is 0 Å². The van der Waals surface area contributed by atoms with Crippen LogP contribution >= 0.6 is 12.2 Å². The monoisotopic (exact) mass is 467 g/mol. The van der Waals surface area contributed by atoms with E-state index in [1.807, 2.05) is 25.1 Å². The van der Waals surface area contributed by atoms with Gasteiger partial charge in [-0.2, -0.15) is 0 Å². The van der Waals surface area contributed by atoms with Crippen molar-refractivity contribution in [1.82, 2.24) is 5.32 Å². The molecule has 1 aliphatic rings. The van der Waals surface area contributed by atoms with Crippen molar-refractivity contribution in [1.29, 1.82) is 0 Å². The Morgan fingerprint density at radius 3 is 2.36 bits per heavy atom. The minimum absolute atomic E-state index is 0.193. The normalized spacial score (nSPS) is 16.2. The molecule has 0 unspecified atom stereocenters. The number of hydrogen-bond acceptors (Lipinski definition) is 3. The summed E-state index contributed by atoms with van der Waals surface area (Å²) in [7, 11) is 0. The molecule has 5 heteroatoms. The van der Waals surface area contributed by atoms with Gasteiger partial charge in [0.15, 0.2) is 6.10 Å². The largest absolute Gasteiger partial charge is 0.479 e. The van der Waals surface area contributed by atoms with Crippen molar-refractivity contribution in [2.75, 3.05) is 13.2 Å². The Morgan fingerprint density at radius 2 is 1.73 bits per heavy atom. The second-order valence-corrected chi connectivity index (χ2v) is 9.49. The van der Waals surface area contributed by atoms with E-state index in [2.05, 4.69) is 41.7 Å². The molecule has 0 amide bonds. The van der Waals surface area contributed by atoms with Crippen LogP contribution in [0.15, 0.2) is 54.6 Å². The van der Waals surface area contributed by atoms with Gasteiger partial charge in [0.2, 0.25) is 0 Å². The van der Waals surface area contributed by atoms with E-state index in [0.717, 1.165) is 35.9 Å². The number of carboxylic acids is 1. The summed E-state index contributed by atoms with van der Waals surface area (Å²) in [6.45, 7) is 3.20. The molecule has 0 radical (unpaired) electrons. The molecule has 4 nitrogen and oxygen atoms in total. The summed E-state index contributed by atoms with van der Waals surface area (Å²) in [6, 6.07) is 18.8. The van der Waals surface area contributed by atoms with E-state index in [1.54, 1.807) is 0 Å². The molecule has 178 valence electrons. The first kappa shape index (κ1) is 25.4. The van der Waals surface area contributed by atoms with Crippen molar-refractivity contribution in [2.24, 2.45) is 5.92 Å². The zero-order valence-corrected chi connectivity index (χ0v) is 20.5. The second-order valence-electron chi connectivity index (χ2n) is 9.05. The standard InChI is InChI=1S/C28H37NO3S/c1-2-32-26(28(30)31)19-22-15-13-21(14-16-22)17-18-25(24-11-7-4-8-12-24)27(33)29-20-23-9-5-3-6-10-23/h4,7-8,11-16,23,25-26H,2-3,5-6,9-10,17-20H2,1H3,(H,29,33)(H,30,31)/t25-,26+/m0/s1. The Labute approximate surface area is 203 Å². The number of aryl methyl sites for hydroxylation is 1. The van der Waals surface area contributed by atoms with Crippen LogP contribution in [0.4, 0.5) is 0 Å². The number of carboxylic acid groups (broad SMARTS) is 1. The van der Waals surface area contributed by atoms with Crippen LogP contribution in [0.25, 0.3) is 0 Å². The average Bonchev–Trinajstić information content (AvgIpc) is 2.85. The van der Waals surface area contributed by atoms with Gasteiger partial charge in [0.25, 0.3) is 0 Å². The number of thiocarbonyl (C=S) groups is 1.